The molecule has 1 aliphatic heterocycles. The molecule has 2 aromatic carbocycles. The van der Waals surface area contributed by atoms with Crippen LogP contribution in [0, 0.1) is 5.92 Å². The first-order valence-electron chi connectivity index (χ1n) is 12.1. The summed E-state index contributed by atoms with van der Waals surface area (Å²) in [7, 11) is 2.69. The third kappa shape index (κ3) is 5.12. The number of esters is 1. The molecule has 4 atom stereocenters. The minimum absolute atomic E-state index is 0.127. The minimum atomic E-state index is -1.43. The average Bonchev–Trinajstić information content (AvgIpc) is 3.28. The number of ether oxygens (including phenoxy) is 3. The van der Waals surface area contributed by atoms with E-state index >= 15 is 0 Å². The number of methoxy groups -OCH3 is 2. The van der Waals surface area contributed by atoms with Crippen LogP contribution in [0.15, 0.2) is 71.7 Å². The van der Waals surface area contributed by atoms with Gasteiger partial charge >= 0.3 is 5.97 Å². The Morgan fingerprint density at radius 3 is 2.41 bits per heavy atom. The lowest BCUT2D eigenvalue weighted by atomic mass is 9.76. The molecule has 8 heteroatoms. The van der Waals surface area contributed by atoms with Gasteiger partial charge in [0.1, 0.15) is 35.1 Å². The summed E-state index contributed by atoms with van der Waals surface area (Å²) >= 11 is 0. The molecular formula is C29H32O8. The molecule has 3 N–H and O–H groups in total. The second-order valence-corrected chi connectivity index (χ2v) is 9.87. The number of carbonyl (C=O) groups is 2. The van der Waals surface area contributed by atoms with Crippen LogP contribution in [0.5, 0.6) is 5.75 Å². The summed E-state index contributed by atoms with van der Waals surface area (Å²) in [6.07, 6.45) is -0.0399. The van der Waals surface area contributed by atoms with Crippen molar-refractivity contribution in [3.05, 3.63) is 88.4 Å². The molecule has 0 fully saturated rings. The van der Waals surface area contributed by atoms with Gasteiger partial charge in [-0.3, -0.25) is 4.79 Å². The van der Waals surface area contributed by atoms with Crippen LogP contribution in [0.2, 0.25) is 0 Å². The van der Waals surface area contributed by atoms with E-state index in [0.717, 1.165) is 5.56 Å². The number of rotatable bonds is 8. The summed E-state index contributed by atoms with van der Waals surface area (Å²) in [5.74, 6) is -2.29. The lowest BCUT2D eigenvalue weighted by Gasteiger charge is -2.32. The molecule has 0 amide bonds. The van der Waals surface area contributed by atoms with Gasteiger partial charge in [-0.15, -0.1) is 0 Å². The van der Waals surface area contributed by atoms with E-state index in [9.17, 15) is 24.9 Å². The van der Waals surface area contributed by atoms with Crippen LogP contribution in [-0.2, 0) is 25.4 Å². The SMILES string of the molecule is COC(=O)c1ccc(O)c([C@H]2C3=C(O[C@H]2C(C)(C)O)[C@@H](C(=O)CCc2ccccc2)[C@@H](O)C=C3OC)c1. The molecule has 0 saturated heterocycles. The number of aliphatic hydroxyl groups is 2. The summed E-state index contributed by atoms with van der Waals surface area (Å²) in [6.45, 7) is 3.12. The molecule has 8 nitrogen and oxygen atoms in total. The molecule has 4 rings (SSSR count). The average molecular weight is 509 g/mol. The number of ketones is 1. The van der Waals surface area contributed by atoms with Crippen LogP contribution in [0.25, 0.3) is 0 Å². The van der Waals surface area contributed by atoms with Gasteiger partial charge in [0.2, 0.25) is 0 Å². The number of phenols is 1. The van der Waals surface area contributed by atoms with E-state index in [1.807, 2.05) is 30.3 Å². The molecule has 0 aromatic heterocycles. The van der Waals surface area contributed by atoms with E-state index in [0.29, 0.717) is 17.6 Å². The smallest absolute Gasteiger partial charge is 0.337 e. The first-order valence-corrected chi connectivity index (χ1v) is 12.1. The van der Waals surface area contributed by atoms with E-state index < -0.39 is 35.6 Å². The number of allylic oxidation sites excluding steroid dienone is 1. The highest BCUT2D eigenvalue weighted by Gasteiger charge is 2.53. The van der Waals surface area contributed by atoms with Gasteiger partial charge in [0.25, 0.3) is 0 Å². The molecule has 0 spiro atoms. The number of hydrogen-bond donors (Lipinski definition) is 3. The van der Waals surface area contributed by atoms with Crippen LogP contribution < -0.4 is 0 Å². The lowest BCUT2D eigenvalue weighted by Crippen LogP contribution is -2.40. The zero-order chi connectivity index (χ0) is 26.9. The predicted molar refractivity (Wildman–Crippen MR) is 135 cm³/mol. The lowest BCUT2D eigenvalue weighted by molar-refractivity contribution is -0.127. The van der Waals surface area contributed by atoms with Crippen LogP contribution in [0.4, 0.5) is 0 Å². The van der Waals surface area contributed by atoms with Crippen molar-refractivity contribution in [2.24, 2.45) is 5.92 Å². The molecule has 0 bridgehead atoms. The summed E-state index contributed by atoms with van der Waals surface area (Å²) in [4.78, 5) is 25.7. The van der Waals surface area contributed by atoms with Crippen molar-refractivity contribution in [2.45, 2.75) is 50.4 Å². The van der Waals surface area contributed by atoms with Crippen molar-refractivity contribution in [2.75, 3.05) is 14.2 Å². The van der Waals surface area contributed by atoms with E-state index in [2.05, 4.69) is 0 Å². The highest BCUT2D eigenvalue weighted by Crippen LogP contribution is 2.52. The maximum Gasteiger partial charge on any atom is 0.337 e. The van der Waals surface area contributed by atoms with Crippen LogP contribution in [0.3, 0.4) is 0 Å². The number of Topliss-reactive ketones (excluding diaryl/α,β-unsaturated/α-hetero) is 1. The quantitative estimate of drug-likeness (QED) is 0.464. The van der Waals surface area contributed by atoms with E-state index in [1.54, 1.807) is 13.8 Å². The number of aromatic hydroxyl groups is 1. The number of aliphatic hydroxyl groups excluding tert-OH is 1. The van der Waals surface area contributed by atoms with E-state index in [-0.39, 0.29) is 35.0 Å². The molecule has 1 heterocycles. The third-order valence-corrected chi connectivity index (χ3v) is 6.89. The summed E-state index contributed by atoms with van der Waals surface area (Å²) in [6, 6.07) is 13.9. The van der Waals surface area contributed by atoms with Crippen LogP contribution in [-0.4, -0.2) is 59.1 Å². The Hall–Kier alpha value is -3.62. The van der Waals surface area contributed by atoms with Crippen molar-refractivity contribution in [3.8, 4) is 5.75 Å². The van der Waals surface area contributed by atoms with Gasteiger partial charge in [0.15, 0.2) is 0 Å². The summed E-state index contributed by atoms with van der Waals surface area (Å²) in [5.41, 5.74) is 0.503. The Bertz CT molecular complexity index is 1240. The number of aryl methyl sites for hydroxylation is 1. The monoisotopic (exact) mass is 508 g/mol. The molecule has 1 aliphatic carbocycles. The van der Waals surface area contributed by atoms with Crippen molar-refractivity contribution < 1.29 is 39.1 Å². The maximum atomic E-state index is 13.5. The largest absolute Gasteiger partial charge is 0.508 e. The first-order chi connectivity index (χ1) is 17.6. The Labute approximate surface area is 215 Å². The Kier molecular flexibility index (Phi) is 7.43. The number of phenolic OH excluding ortho intramolecular Hbond substituents is 1. The fourth-order valence-electron chi connectivity index (χ4n) is 5.09. The highest BCUT2D eigenvalue weighted by molar-refractivity contribution is 5.90. The normalized spacial score (nSPS) is 23.1. The van der Waals surface area contributed by atoms with E-state index in [4.69, 9.17) is 14.2 Å². The molecule has 196 valence electrons. The third-order valence-electron chi connectivity index (χ3n) is 6.89. The first kappa shape index (κ1) is 26.4. The number of benzene rings is 2. The van der Waals surface area contributed by atoms with Gasteiger partial charge in [-0.2, -0.15) is 0 Å². The molecule has 0 saturated carbocycles. The Morgan fingerprint density at radius 2 is 1.78 bits per heavy atom. The highest BCUT2D eigenvalue weighted by atomic mass is 16.5. The fourth-order valence-corrected chi connectivity index (χ4v) is 5.09. The molecule has 2 aliphatic rings. The van der Waals surface area contributed by atoms with Crippen LogP contribution in [0.1, 0.15) is 47.7 Å². The van der Waals surface area contributed by atoms with Gasteiger partial charge in [0.05, 0.1) is 37.4 Å². The number of hydrogen-bond acceptors (Lipinski definition) is 8. The molecule has 37 heavy (non-hydrogen) atoms. The fraction of sp³-hybridized carbons (Fsp3) is 0.379. The number of carbonyl (C=O) groups excluding carboxylic acids is 2. The van der Waals surface area contributed by atoms with Gasteiger partial charge in [-0.1, -0.05) is 30.3 Å². The van der Waals surface area contributed by atoms with Crippen LogP contribution >= 0.6 is 0 Å². The zero-order valence-electron chi connectivity index (χ0n) is 21.3. The van der Waals surface area contributed by atoms with Gasteiger partial charge in [0, 0.05) is 17.6 Å². The predicted octanol–water partition coefficient (Wildman–Crippen LogP) is 3.41. The van der Waals surface area contributed by atoms with E-state index in [1.165, 1.54) is 38.5 Å². The topological polar surface area (TPSA) is 123 Å². The Morgan fingerprint density at radius 1 is 1.08 bits per heavy atom. The van der Waals surface area contributed by atoms with Crippen molar-refractivity contribution in [1.82, 2.24) is 0 Å². The van der Waals surface area contributed by atoms with Crippen molar-refractivity contribution in [1.29, 1.82) is 0 Å². The maximum absolute atomic E-state index is 13.5. The molecular weight excluding hydrogens is 476 g/mol. The summed E-state index contributed by atoms with van der Waals surface area (Å²) in [5, 5.41) is 32.9. The second kappa shape index (κ2) is 10.4. The minimum Gasteiger partial charge on any atom is -0.508 e. The zero-order valence-corrected chi connectivity index (χ0v) is 21.3. The van der Waals surface area contributed by atoms with Gasteiger partial charge in [-0.25, -0.2) is 4.79 Å². The molecule has 2 aromatic rings. The standard InChI is InChI=1S/C29H32O8/c1-29(2,34)27-23(18-14-17(28(33)36-4)11-13-19(18)30)25-22(35-3)15-21(32)24(26(25)37-27)20(31)12-10-16-8-6-5-7-9-16/h5-9,11,13-15,21,23-24,27,30,32,34H,10,12H2,1-4H3/t21-,23-,24-,27+/m0/s1. The van der Waals surface area contributed by atoms with Crippen molar-refractivity contribution >= 4 is 11.8 Å². The molecule has 0 unspecified atom stereocenters. The van der Waals surface area contributed by atoms with Gasteiger partial charge in [-0.05, 0) is 50.1 Å². The second-order valence-electron chi connectivity index (χ2n) is 9.87. The van der Waals surface area contributed by atoms with Crippen molar-refractivity contribution in [3.63, 3.8) is 0 Å². The van der Waals surface area contributed by atoms with Gasteiger partial charge < -0.3 is 29.5 Å². The Balaban J connectivity index is 1.80. The molecule has 0 radical (unpaired) electrons. The summed E-state index contributed by atoms with van der Waals surface area (Å²) < 4.78 is 16.7.